The van der Waals surface area contributed by atoms with Crippen molar-refractivity contribution in [3.63, 3.8) is 0 Å². The second kappa shape index (κ2) is 11.3. The Morgan fingerprint density at radius 2 is 1.82 bits per heavy atom. The Labute approximate surface area is 171 Å². The number of amides is 1. The predicted octanol–water partition coefficient (Wildman–Crippen LogP) is 4.02. The Hall–Kier alpha value is -2.64. The number of carbonyl (C=O) groups is 1. The standard InChI is InChI=1S/C21H26N2O4S/c1-4-25-12-13-26-19-7-5-6-16(14-19)20(24)23-21(28)22-17-8-10-18(11-9-17)27-15(2)3/h5-11,14-15H,4,12-13H2,1-3H3,(H2,22,23,24,28). The van der Waals surface area contributed by atoms with Crippen molar-refractivity contribution < 1.29 is 19.0 Å². The summed E-state index contributed by atoms with van der Waals surface area (Å²) < 4.78 is 16.4. The highest BCUT2D eigenvalue weighted by Crippen LogP contribution is 2.17. The summed E-state index contributed by atoms with van der Waals surface area (Å²) in [5.74, 6) is 1.07. The van der Waals surface area contributed by atoms with Gasteiger partial charge in [0, 0.05) is 17.9 Å². The van der Waals surface area contributed by atoms with Crippen LogP contribution >= 0.6 is 12.2 Å². The molecule has 2 aromatic rings. The van der Waals surface area contributed by atoms with Crippen LogP contribution < -0.4 is 20.1 Å². The summed E-state index contributed by atoms with van der Waals surface area (Å²) in [5, 5.41) is 5.86. The third kappa shape index (κ3) is 7.54. The van der Waals surface area contributed by atoms with Crippen molar-refractivity contribution in [2.24, 2.45) is 0 Å². The van der Waals surface area contributed by atoms with Crippen molar-refractivity contribution in [1.29, 1.82) is 0 Å². The van der Waals surface area contributed by atoms with Crippen LogP contribution in [-0.2, 0) is 4.74 Å². The molecule has 0 heterocycles. The molecule has 2 rings (SSSR count). The number of rotatable bonds is 9. The van der Waals surface area contributed by atoms with Gasteiger partial charge in [0.2, 0.25) is 0 Å². The van der Waals surface area contributed by atoms with Gasteiger partial charge in [0.25, 0.3) is 5.91 Å². The SMILES string of the molecule is CCOCCOc1cccc(C(=O)NC(=S)Nc2ccc(OC(C)C)cc2)c1. The number of nitrogens with one attached hydrogen (secondary N) is 2. The van der Waals surface area contributed by atoms with Crippen molar-refractivity contribution in [3.05, 3.63) is 54.1 Å². The fourth-order valence-electron chi connectivity index (χ4n) is 2.32. The third-order valence-corrected chi connectivity index (χ3v) is 3.71. The van der Waals surface area contributed by atoms with E-state index >= 15 is 0 Å². The highest BCUT2D eigenvalue weighted by Gasteiger charge is 2.09. The molecule has 0 aliphatic carbocycles. The largest absolute Gasteiger partial charge is 0.491 e. The number of ether oxygens (including phenoxy) is 3. The molecule has 28 heavy (non-hydrogen) atoms. The van der Waals surface area contributed by atoms with Crippen LogP contribution in [0.4, 0.5) is 5.69 Å². The topological polar surface area (TPSA) is 68.8 Å². The van der Waals surface area contributed by atoms with Crippen molar-refractivity contribution in [2.75, 3.05) is 25.1 Å². The van der Waals surface area contributed by atoms with Gasteiger partial charge in [0.15, 0.2) is 5.11 Å². The number of thiocarbonyl (C=S) groups is 1. The maximum absolute atomic E-state index is 12.4. The van der Waals surface area contributed by atoms with Gasteiger partial charge in [-0.1, -0.05) is 6.07 Å². The molecule has 0 saturated carbocycles. The van der Waals surface area contributed by atoms with Gasteiger partial charge in [0.1, 0.15) is 18.1 Å². The minimum atomic E-state index is -0.312. The summed E-state index contributed by atoms with van der Waals surface area (Å²) in [4.78, 5) is 12.4. The third-order valence-electron chi connectivity index (χ3n) is 3.51. The van der Waals surface area contributed by atoms with Crippen LogP contribution in [0.3, 0.4) is 0 Å². The van der Waals surface area contributed by atoms with E-state index in [1.807, 2.05) is 45.0 Å². The molecule has 150 valence electrons. The van der Waals surface area contributed by atoms with Gasteiger partial charge in [-0.2, -0.15) is 0 Å². The molecular formula is C21H26N2O4S. The molecular weight excluding hydrogens is 376 g/mol. The van der Waals surface area contributed by atoms with E-state index in [1.54, 1.807) is 24.3 Å². The molecule has 0 aliphatic rings. The fourth-order valence-corrected chi connectivity index (χ4v) is 2.53. The summed E-state index contributed by atoms with van der Waals surface area (Å²) >= 11 is 5.22. The zero-order valence-corrected chi connectivity index (χ0v) is 17.2. The van der Waals surface area contributed by atoms with Crippen molar-refractivity contribution in [1.82, 2.24) is 5.32 Å². The smallest absolute Gasteiger partial charge is 0.257 e. The number of hydrogen-bond acceptors (Lipinski definition) is 5. The van der Waals surface area contributed by atoms with Crippen molar-refractivity contribution in [3.8, 4) is 11.5 Å². The highest BCUT2D eigenvalue weighted by molar-refractivity contribution is 7.80. The van der Waals surface area contributed by atoms with Gasteiger partial charge in [-0.3, -0.25) is 10.1 Å². The second-order valence-corrected chi connectivity index (χ2v) is 6.58. The molecule has 2 aromatic carbocycles. The second-order valence-electron chi connectivity index (χ2n) is 6.17. The van der Waals surface area contributed by atoms with Gasteiger partial charge in [-0.15, -0.1) is 0 Å². The van der Waals surface area contributed by atoms with Gasteiger partial charge in [0.05, 0.1) is 12.7 Å². The first-order valence-corrected chi connectivity index (χ1v) is 9.58. The molecule has 6 nitrogen and oxygen atoms in total. The number of benzene rings is 2. The quantitative estimate of drug-likeness (QED) is 0.488. The minimum Gasteiger partial charge on any atom is -0.491 e. The summed E-state index contributed by atoms with van der Waals surface area (Å²) in [5.41, 5.74) is 1.22. The lowest BCUT2D eigenvalue weighted by atomic mass is 10.2. The maximum atomic E-state index is 12.4. The lowest BCUT2D eigenvalue weighted by Crippen LogP contribution is -2.34. The Balaban J connectivity index is 1.87. The van der Waals surface area contributed by atoms with Gasteiger partial charge < -0.3 is 19.5 Å². The van der Waals surface area contributed by atoms with E-state index in [9.17, 15) is 4.79 Å². The predicted molar refractivity (Wildman–Crippen MR) is 114 cm³/mol. The molecule has 0 spiro atoms. The van der Waals surface area contributed by atoms with Crippen LogP contribution in [0.2, 0.25) is 0 Å². The maximum Gasteiger partial charge on any atom is 0.257 e. The van der Waals surface area contributed by atoms with Crippen LogP contribution in [0, 0.1) is 0 Å². The van der Waals surface area contributed by atoms with Gasteiger partial charge in [-0.05, 0) is 75.5 Å². The zero-order valence-electron chi connectivity index (χ0n) is 16.4. The Kier molecular flexibility index (Phi) is 8.71. The van der Waals surface area contributed by atoms with E-state index in [0.717, 1.165) is 11.4 Å². The van der Waals surface area contributed by atoms with E-state index in [1.165, 1.54) is 0 Å². The van der Waals surface area contributed by atoms with Gasteiger partial charge >= 0.3 is 0 Å². The Morgan fingerprint density at radius 1 is 1.07 bits per heavy atom. The average molecular weight is 403 g/mol. The summed E-state index contributed by atoms with van der Waals surface area (Å²) in [6.45, 7) is 7.43. The van der Waals surface area contributed by atoms with E-state index in [4.69, 9.17) is 26.4 Å². The molecule has 2 N–H and O–H groups in total. The molecule has 0 saturated heterocycles. The van der Waals surface area contributed by atoms with E-state index in [0.29, 0.717) is 31.1 Å². The molecule has 0 fully saturated rings. The number of carbonyl (C=O) groups excluding carboxylic acids is 1. The highest BCUT2D eigenvalue weighted by atomic mass is 32.1. The molecule has 0 unspecified atom stereocenters. The monoisotopic (exact) mass is 402 g/mol. The summed E-state index contributed by atoms with van der Waals surface area (Å²) in [7, 11) is 0. The normalized spacial score (nSPS) is 10.4. The van der Waals surface area contributed by atoms with Crippen LogP contribution in [0.25, 0.3) is 0 Å². The molecule has 0 atom stereocenters. The first kappa shape index (κ1) is 21.7. The molecule has 1 amide bonds. The Morgan fingerprint density at radius 3 is 2.50 bits per heavy atom. The van der Waals surface area contributed by atoms with Crippen molar-refractivity contribution >= 4 is 28.9 Å². The van der Waals surface area contributed by atoms with Gasteiger partial charge in [-0.25, -0.2) is 0 Å². The molecule has 7 heteroatoms. The van der Waals surface area contributed by atoms with E-state index in [2.05, 4.69) is 10.6 Å². The first-order valence-electron chi connectivity index (χ1n) is 9.17. The lowest BCUT2D eigenvalue weighted by molar-refractivity contribution is 0.0976. The summed E-state index contributed by atoms with van der Waals surface area (Å²) in [6, 6.07) is 14.3. The molecule has 0 radical (unpaired) electrons. The number of hydrogen-bond donors (Lipinski definition) is 2. The number of anilines is 1. The summed E-state index contributed by atoms with van der Waals surface area (Å²) in [6.07, 6.45) is 0.109. The van der Waals surface area contributed by atoms with Crippen LogP contribution in [0.15, 0.2) is 48.5 Å². The van der Waals surface area contributed by atoms with Crippen molar-refractivity contribution in [2.45, 2.75) is 26.9 Å². The molecule has 0 aromatic heterocycles. The molecule has 0 aliphatic heterocycles. The van der Waals surface area contributed by atoms with E-state index in [-0.39, 0.29) is 17.1 Å². The zero-order chi connectivity index (χ0) is 20.4. The van der Waals surface area contributed by atoms with E-state index < -0.39 is 0 Å². The lowest BCUT2D eigenvalue weighted by Gasteiger charge is -2.12. The van der Waals surface area contributed by atoms with Crippen LogP contribution in [-0.4, -0.2) is 36.9 Å². The minimum absolute atomic E-state index is 0.109. The average Bonchev–Trinajstić information content (AvgIpc) is 2.66. The first-order chi connectivity index (χ1) is 13.5. The van der Waals surface area contributed by atoms with Crippen LogP contribution in [0.5, 0.6) is 11.5 Å². The van der Waals surface area contributed by atoms with Crippen LogP contribution in [0.1, 0.15) is 31.1 Å². The fraction of sp³-hybridized carbons (Fsp3) is 0.333. The molecule has 0 bridgehead atoms. The Bertz CT molecular complexity index is 778.